The van der Waals surface area contributed by atoms with Gasteiger partial charge in [-0.15, -0.1) is 0 Å². The van der Waals surface area contributed by atoms with Crippen molar-refractivity contribution in [2.75, 3.05) is 13.2 Å². The maximum atomic E-state index is 11.4. The zero-order valence-corrected chi connectivity index (χ0v) is 12.7. The molecule has 4 nitrogen and oxygen atoms in total. The molecule has 0 aliphatic carbocycles. The van der Waals surface area contributed by atoms with Crippen LogP contribution in [-0.4, -0.2) is 40.3 Å². The van der Waals surface area contributed by atoms with E-state index in [1.807, 2.05) is 20.8 Å². The normalized spacial score (nSPS) is 13.2. The van der Waals surface area contributed by atoms with Crippen LogP contribution in [0.15, 0.2) is 12.2 Å². The molecule has 17 heavy (non-hydrogen) atoms. The lowest BCUT2D eigenvalue weighted by Gasteiger charge is -2.22. The standard InChI is InChI=1S/C12H24O4Si/c1-6-10(16-11(13)9(4)5)17-12(14-7-2)15-8-3/h10,12H,4,6-8,17H2,1-3,5H3. The molecule has 100 valence electrons. The van der Waals surface area contributed by atoms with Crippen molar-refractivity contribution in [3.8, 4) is 0 Å². The van der Waals surface area contributed by atoms with E-state index in [2.05, 4.69) is 6.58 Å². The highest BCUT2D eigenvalue weighted by molar-refractivity contribution is 6.38. The molecular weight excluding hydrogens is 236 g/mol. The lowest BCUT2D eigenvalue weighted by Crippen LogP contribution is -2.36. The Labute approximate surface area is 106 Å². The maximum Gasteiger partial charge on any atom is 0.333 e. The van der Waals surface area contributed by atoms with Crippen LogP contribution in [0.5, 0.6) is 0 Å². The molecule has 5 heteroatoms. The summed E-state index contributed by atoms with van der Waals surface area (Å²) in [4.78, 5) is 11.4. The van der Waals surface area contributed by atoms with Crippen molar-refractivity contribution < 1.29 is 19.0 Å². The van der Waals surface area contributed by atoms with Gasteiger partial charge in [0.05, 0.1) is 5.73 Å². The van der Waals surface area contributed by atoms with Crippen LogP contribution in [0.4, 0.5) is 0 Å². The van der Waals surface area contributed by atoms with Gasteiger partial charge in [0.1, 0.15) is 15.4 Å². The van der Waals surface area contributed by atoms with Gasteiger partial charge in [0.15, 0.2) is 0 Å². The van der Waals surface area contributed by atoms with Crippen LogP contribution in [0.2, 0.25) is 0 Å². The fourth-order valence-electron chi connectivity index (χ4n) is 1.32. The molecule has 0 N–H and O–H groups in total. The van der Waals surface area contributed by atoms with E-state index in [1.54, 1.807) is 6.92 Å². The third-order valence-corrected chi connectivity index (χ3v) is 4.36. The van der Waals surface area contributed by atoms with Crippen LogP contribution < -0.4 is 0 Å². The number of ether oxygens (including phenoxy) is 3. The molecule has 0 saturated carbocycles. The van der Waals surface area contributed by atoms with Gasteiger partial charge in [0.2, 0.25) is 0 Å². The Morgan fingerprint density at radius 2 is 1.76 bits per heavy atom. The Morgan fingerprint density at radius 1 is 1.24 bits per heavy atom. The van der Waals surface area contributed by atoms with Gasteiger partial charge in [0, 0.05) is 18.8 Å². The van der Waals surface area contributed by atoms with E-state index in [9.17, 15) is 4.79 Å². The second-order valence-corrected chi connectivity index (χ2v) is 5.84. The van der Waals surface area contributed by atoms with E-state index in [1.165, 1.54) is 0 Å². The Kier molecular flexibility index (Phi) is 9.02. The summed E-state index contributed by atoms with van der Waals surface area (Å²) in [6.07, 6.45) is 0.794. The van der Waals surface area contributed by atoms with Gasteiger partial charge < -0.3 is 14.2 Å². The molecule has 0 aliphatic rings. The fourth-order valence-corrected chi connectivity index (χ4v) is 3.07. The van der Waals surface area contributed by atoms with E-state index in [0.717, 1.165) is 6.42 Å². The predicted molar refractivity (Wildman–Crippen MR) is 70.6 cm³/mol. The zero-order valence-electron chi connectivity index (χ0n) is 11.3. The summed E-state index contributed by atoms with van der Waals surface area (Å²) in [7, 11) is -0.786. The first-order valence-electron chi connectivity index (χ1n) is 6.14. The minimum absolute atomic E-state index is 0.0534. The van der Waals surface area contributed by atoms with Gasteiger partial charge >= 0.3 is 5.97 Å². The van der Waals surface area contributed by atoms with Crippen molar-refractivity contribution in [3.05, 3.63) is 12.2 Å². The zero-order chi connectivity index (χ0) is 13.3. The van der Waals surface area contributed by atoms with Gasteiger partial charge in [-0.05, 0) is 27.2 Å². The monoisotopic (exact) mass is 260 g/mol. The first-order valence-corrected chi connectivity index (χ1v) is 7.78. The quantitative estimate of drug-likeness (QED) is 0.272. The van der Waals surface area contributed by atoms with Crippen LogP contribution in [-0.2, 0) is 19.0 Å². The van der Waals surface area contributed by atoms with Crippen LogP contribution in [0.3, 0.4) is 0 Å². The van der Waals surface area contributed by atoms with Crippen LogP contribution in [0, 0.1) is 0 Å². The Bertz CT molecular complexity index is 237. The van der Waals surface area contributed by atoms with Crippen LogP contribution >= 0.6 is 0 Å². The van der Waals surface area contributed by atoms with Crippen LogP contribution in [0.1, 0.15) is 34.1 Å². The predicted octanol–water partition coefficient (Wildman–Crippen LogP) is 1.37. The van der Waals surface area contributed by atoms with Gasteiger partial charge in [0.25, 0.3) is 0 Å². The number of hydrogen-bond donors (Lipinski definition) is 0. The first-order chi connectivity index (χ1) is 8.04. The second-order valence-electron chi connectivity index (χ2n) is 3.79. The number of esters is 1. The molecule has 0 spiro atoms. The number of hydrogen-bond acceptors (Lipinski definition) is 4. The molecule has 0 aromatic rings. The lowest BCUT2D eigenvalue weighted by molar-refractivity contribution is -0.141. The summed E-state index contributed by atoms with van der Waals surface area (Å²) in [5, 5.41) is 0. The van der Waals surface area contributed by atoms with Gasteiger partial charge in [-0.2, -0.15) is 0 Å². The Morgan fingerprint density at radius 3 is 2.12 bits per heavy atom. The summed E-state index contributed by atoms with van der Waals surface area (Å²) in [5.41, 5.74) is 0.379. The molecule has 0 aliphatic heterocycles. The summed E-state index contributed by atoms with van der Waals surface area (Å²) in [6, 6.07) is 0. The molecule has 1 unspecified atom stereocenters. The van der Waals surface area contributed by atoms with E-state index in [-0.39, 0.29) is 17.6 Å². The molecule has 0 fully saturated rings. The molecule has 0 saturated heterocycles. The number of carbonyl (C=O) groups excluding carboxylic acids is 1. The topological polar surface area (TPSA) is 44.8 Å². The molecule has 0 heterocycles. The third kappa shape index (κ3) is 7.30. The van der Waals surface area contributed by atoms with Gasteiger partial charge in [-0.1, -0.05) is 13.5 Å². The second kappa shape index (κ2) is 9.38. The smallest absolute Gasteiger partial charge is 0.333 e. The number of rotatable bonds is 9. The maximum absolute atomic E-state index is 11.4. The van der Waals surface area contributed by atoms with Gasteiger partial charge in [-0.25, -0.2) is 4.79 Å². The van der Waals surface area contributed by atoms with Crippen molar-refractivity contribution in [2.45, 2.75) is 45.8 Å². The van der Waals surface area contributed by atoms with Crippen molar-refractivity contribution in [1.82, 2.24) is 0 Å². The van der Waals surface area contributed by atoms with E-state index >= 15 is 0 Å². The summed E-state index contributed by atoms with van der Waals surface area (Å²) >= 11 is 0. The molecule has 0 radical (unpaired) electrons. The van der Waals surface area contributed by atoms with E-state index in [0.29, 0.717) is 18.8 Å². The minimum Gasteiger partial charge on any atom is -0.463 e. The largest absolute Gasteiger partial charge is 0.463 e. The summed E-state index contributed by atoms with van der Waals surface area (Å²) in [5.74, 6) is -0.496. The number of carbonyl (C=O) groups is 1. The van der Waals surface area contributed by atoms with Crippen molar-refractivity contribution in [2.24, 2.45) is 0 Å². The molecule has 0 aromatic heterocycles. The van der Waals surface area contributed by atoms with Crippen molar-refractivity contribution in [1.29, 1.82) is 0 Å². The highest BCUT2D eigenvalue weighted by Crippen LogP contribution is 2.05. The van der Waals surface area contributed by atoms with Crippen LogP contribution in [0.25, 0.3) is 0 Å². The molecule has 0 rings (SSSR count). The lowest BCUT2D eigenvalue weighted by atomic mass is 10.4. The summed E-state index contributed by atoms with van der Waals surface area (Å²) in [6.45, 7) is 12.3. The highest BCUT2D eigenvalue weighted by atomic mass is 28.2. The SMILES string of the molecule is C=C(C)C(=O)OC(CC)[SiH2]C(OCC)OCC. The molecule has 0 bridgehead atoms. The molecular formula is C12H24O4Si. The Balaban J connectivity index is 4.24. The average molecular weight is 260 g/mol. The fraction of sp³-hybridized carbons (Fsp3) is 0.750. The first kappa shape index (κ1) is 16.3. The van der Waals surface area contributed by atoms with E-state index in [4.69, 9.17) is 14.2 Å². The third-order valence-electron chi connectivity index (χ3n) is 2.24. The Hall–Kier alpha value is -0.653. The van der Waals surface area contributed by atoms with Crippen molar-refractivity contribution in [3.63, 3.8) is 0 Å². The molecule has 0 amide bonds. The summed E-state index contributed by atoms with van der Waals surface area (Å²) < 4.78 is 16.3. The average Bonchev–Trinajstić information content (AvgIpc) is 2.28. The highest BCUT2D eigenvalue weighted by Gasteiger charge is 2.20. The molecule has 1 atom stereocenters. The van der Waals surface area contributed by atoms with Gasteiger partial charge in [-0.3, -0.25) is 0 Å². The van der Waals surface area contributed by atoms with Crippen molar-refractivity contribution >= 4 is 15.5 Å². The van der Waals surface area contributed by atoms with E-state index < -0.39 is 9.52 Å². The minimum atomic E-state index is -0.786. The molecule has 0 aromatic carbocycles.